The molecule has 0 spiro atoms. The maximum Gasteiger partial charge on any atom is 0.158 e. The summed E-state index contributed by atoms with van der Waals surface area (Å²) < 4.78 is 10.8. The van der Waals surface area contributed by atoms with E-state index in [-0.39, 0.29) is 11.5 Å². The third-order valence-electron chi connectivity index (χ3n) is 5.52. The molecule has 1 N–H and O–H groups in total. The van der Waals surface area contributed by atoms with E-state index in [1.165, 1.54) is 26.7 Å². The fourth-order valence-electron chi connectivity index (χ4n) is 4.47. The Hall–Kier alpha value is -2.60. The molecule has 0 amide bonds. The zero-order chi connectivity index (χ0) is 21.0. The molecule has 0 saturated carbocycles. The lowest BCUT2D eigenvalue weighted by Gasteiger charge is -2.35. The third-order valence-corrected chi connectivity index (χ3v) is 5.52. The molecule has 1 fully saturated rings. The first kappa shape index (κ1) is 21.1. The number of ketones is 1. The molecule has 2 heterocycles. The summed E-state index contributed by atoms with van der Waals surface area (Å²) in [5, 5.41) is 10.8. The minimum Gasteiger partial charge on any atom is -0.507 e. The highest BCUT2D eigenvalue weighted by atomic mass is 16.5. The number of pyridine rings is 1. The van der Waals surface area contributed by atoms with E-state index in [1.807, 2.05) is 12.1 Å². The van der Waals surface area contributed by atoms with Gasteiger partial charge in [0.1, 0.15) is 17.2 Å². The molecular weight excluding hydrogens is 368 g/mol. The summed E-state index contributed by atoms with van der Waals surface area (Å²) in [6.07, 6.45) is 4.51. The summed E-state index contributed by atoms with van der Waals surface area (Å²) in [7, 11) is 3.05. The van der Waals surface area contributed by atoms with Gasteiger partial charge in [-0.05, 0) is 36.0 Å². The molecule has 6 heteroatoms. The number of benzene rings is 1. The van der Waals surface area contributed by atoms with E-state index >= 15 is 0 Å². The van der Waals surface area contributed by atoms with Gasteiger partial charge in [0.05, 0.1) is 32.2 Å². The van der Waals surface area contributed by atoms with E-state index in [2.05, 4.69) is 23.7 Å². The molecule has 3 rings (SSSR count). The second-order valence-corrected chi connectivity index (χ2v) is 8.08. The van der Waals surface area contributed by atoms with Crippen LogP contribution in [0, 0.1) is 11.8 Å². The van der Waals surface area contributed by atoms with Crippen molar-refractivity contribution in [2.45, 2.75) is 26.2 Å². The Morgan fingerprint density at radius 2 is 1.83 bits per heavy atom. The smallest absolute Gasteiger partial charge is 0.158 e. The third kappa shape index (κ3) is 4.88. The predicted octanol–water partition coefficient (Wildman–Crippen LogP) is 3.48. The van der Waals surface area contributed by atoms with E-state index in [4.69, 9.17) is 9.47 Å². The van der Waals surface area contributed by atoms with Crippen molar-refractivity contribution < 1.29 is 19.4 Å². The Kier molecular flexibility index (Phi) is 6.75. The zero-order valence-corrected chi connectivity index (χ0v) is 17.6. The van der Waals surface area contributed by atoms with E-state index < -0.39 is 5.92 Å². The molecular formula is C23H30N2O4. The molecule has 29 heavy (non-hydrogen) atoms. The average molecular weight is 399 g/mol. The number of carbonyl (C=O) groups excluding carboxylic acids is 1. The van der Waals surface area contributed by atoms with Crippen LogP contribution in [0.25, 0.3) is 0 Å². The maximum absolute atomic E-state index is 13.5. The van der Waals surface area contributed by atoms with E-state index in [9.17, 15) is 9.90 Å². The molecule has 2 aromatic rings. The number of Topliss-reactive ketones (excluding diaryl/α,β-unsaturated/α-hetero) is 1. The Labute approximate surface area is 172 Å². The number of ether oxygens (including phenoxy) is 2. The van der Waals surface area contributed by atoms with E-state index in [0.717, 1.165) is 18.7 Å². The second-order valence-electron chi connectivity index (χ2n) is 8.08. The van der Waals surface area contributed by atoms with Gasteiger partial charge in [-0.25, -0.2) is 0 Å². The van der Waals surface area contributed by atoms with Crippen LogP contribution in [0.4, 0.5) is 0 Å². The highest BCUT2D eigenvalue weighted by Crippen LogP contribution is 2.42. The summed E-state index contributed by atoms with van der Waals surface area (Å²) >= 11 is 0. The molecule has 1 aromatic heterocycles. The van der Waals surface area contributed by atoms with Crippen LogP contribution >= 0.6 is 0 Å². The number of aromatic nitrogens is 1. The Morgan fingerprint density at radius 3 is 2.41 bits per heavy atom. The van der Waals surface area contributed by atoms with Crippen molar-refractivity contribution in [1.29, 1.82) is 0 Å². The monoisotopic (exact) mass is 398 g/mol. The molecule has 156 valence electrons. The van der Waals surface area contributed by atoms with Crippen molar-refractivity contribution >= 4 is 5.78 Å². The molecule has 0 aliphatic carbocycles. The number of carbonyl (C=O) groups is 1. The molecule has 1 aromatic carbocycles. The fraction of sp³-hybridized carbons (Fsp3) is 0.478. The minimum absolute atomic E-state index is 0.0169. The molecule has 1 aliphatic heterocycles. The summed E-state index contributed by atoms with van der Waals surface area (Å²) in [4.78, 5) is 19.8. The largest absolute Gasteiger partial charge is 0.507 e. The zero-order valence-electron chi connectivity index (χ0n) is 17.6. The number of rotatable bonds is 7. The van der Waals surface area contributed by atoms with Crippen LogP contribution in [-0.2, 0) is 4.79 Å². The van der Waals surface area contributed by atoms with Crippen LogP contribution in [0.15, 0.2) is 36.7 Å². The predicted molar refractivity (Wildman–Crippen MR) is 112 cm³/mol. The van der Waals surface area contributed by atoms with E-state index in [0.29, 0.717) is 35.4 Å². The van der Waals surface area contributed by atoms with Gasteiger partial charge in [0, 0.05) is 37.6 Å². The molecule has 1 aliphatic rings. The lowest BCUT2D eigenvalue weighted by Crippen LogP contribution is -2.42. The number of hydrogen-bond acceptors (Lipinski definition) is 6. The van der Waals surface area contributed by atoms with Crippen molar-refractivity contribution in [1.82, 2.24) is 9.88 Å². The molecule has 6 nitrogen and oxygen atoms in total. The quantitative estimate of drug-likeness (QED) is 0.770. The van der Waals surface area contributed by atoms with Gasteiger partial charge in [-0.15, -0.1) is 0 Å². The number of phenols is 1. The summed E-state index contributed by atoms with van der Waals surface area (Å²) in [5.41, 5.74) is 1.24. The van der Waals surface area contributed by atoms with Crippen molar-refractivity contribution in [3.63, 3.8) is 0 Å². The van der Waals surface area contributed by atoms with Crippen LogP contribution in [0.1, 0.15) is 37.3 Å². The summed E-state index contributed by atoms with van der Waals surface area (Å²) in [6, 6.07) is 6.84. The lowest BCUT2D eigenvalue weighted by molar-refractivity contribution is -0.121. The number of phenolic OH excluding ortho intramolecular Hbond substituents is 1. The van der Waals surface area contributed by atoms with Gasteiger partial charge in [0.25, 0.3) is 0 Å². The SMILES string of the molecule is COc1cc(O)c(C(C(=O)CN2CC(C)CC(C)C2)c2ccncc2)c(OC)c1. The average Bonchev–Trinajstić information content (AvgIpc) is 2.69. The first-order valence-corrected chi connectivity index (χ1v) is 10.0. The van der Waals surface area contributed by atoms with Gasteiger partial charge < -0.3 is 14.6 Å². The standard InChI is InChI=1S/C23H30N2O4/c1-15-9-16(2)13-25(12-15)14-20(27)22(17-5-7-24-8-6-17)23-19(26)10-18(28-3)11-21(23)29-4/h5-8,10-11,15-16,22,26H,9,12-14H2,1-4H3. The van der Waals surface area contributed by atoms with Crippen LogP contribution in [0.2, 0.25) is 0 Å². The van der Waals surface area contributed by atoms with Gasteiger partial charge >= 0.3 is 0 Å². The lowest BCUT2D eigenvalue weighted by atomic mass is 9.85. The molecule has 3 unspecified atom stereocenters. The van der Waals surface area contributed by atoms with Crippen molar-refractivity contribution in [2.24, 2.45) is 11.8 Å². The normalized spacial score (nSPS) is 20.8. The van der Waals surface area contributed by atoms with Crippen molar-refractivity contribution in [2.75, 3.05) is 33.9 Å². The van der Waals surface area contributed by atoms with Crippen molar-refractivity contribution in [3.8, 4) is 17.2 Å². The first-order valence-electron chi connectivity index (χ1n) is 10.0. The first-order chi connectivity index (χ1) is 13.9. The Morgan fingerprint density at radius 1 is 1.17 bits per heavy atom. The van der Waals surface area contributed by atoms with Crippen LogP contribution in [-0.4, -0.2) is 54.6 Å². The van der Waals surface area contributed by atoms with E-state index in [1.54, 1.807) is 18.5 Å². The number of nitrogens with zero attached hydrogens (tertiary/aromatic N) is 2. The number of methoxy groups -OCH3 is 2. The highest BCUT2D eigenvalue weighted by Gasteiger charge is 2.32. The van der Waals surface area contributed by atoms with Crippen LogP contribution in [0.5, 0.6) is 17.2 Å². The van der Waals surface area contributed by atoms with Crippen molar-refractivity contribution in [3.05, 3.63) is 47.8 Å². The van der Waals surface area contributed by atoms with Gasteiger partial charge in [0.2, 0.25) is 0 Å². The molecule has 0 radical (unpaired) electrons. The second kappa shape index (κ2) is 9.27. The number of hydrogen-bond donors (Lipinski definition) is 1. The number of piperidine rings is 1. The maximum atomic E-state index is 13.5. The van der Waals surface area contributed by atoms with Crippen LogP contribution in [0.3, 0.4) is 0 Å². The molecule has 1 saturated heterocycles. The topological polar surface area (TPSA) is 71.9 Å². The molecule has 3 atom stereocenters. The Bertz CT molecular complexity index is 830. The molecule has 0 bridgehead atoms. The van der Waals surface area contributed by atoms with Crippen LogP contribution < -0.4 is 9.47 Å². The highest BCUT2D eigenvalue weighted by molar-refractivity contribution is 5.92. The van der Waals surface area contributed by atoms with Gasteiger partial charge in [-0.1, -0.05) is 13.8 Å². The number of aromatic hydroxyl groups is 1. The van der Waals surface area contributed by atoms with Gasteiger partial charge in [-0.3, -0.25) is 14.7 Å². The van der Waals surface area contributed by atoms with Gasteiger partial charge in [-0.2, -0.15) is 0 Å². The minimum atomic E-state index is -0.647. The number of likely N-dealkylation sites (tertiary alicyclic amines) is 1. The Balaban J connectivity index is 1.99. The summed E-state index contributed by atoms with van der Waals surface area (Å²) in [5.74, 6) is 1.39. The van der Waals surface area contributed by atoms with Gasteiger partial charge in [0.15, 0.2) is 5.78 Å². The summed E-state index contributed by atoms with van der Waals surface area (Å²) in [6.45, 7) is 6.60. The fourth-order valence-corrected chi connectivity index (χ4v) is 4.47.